The fourth-order valence-corrected chi connectivity index (χ4v) is 1.91. The molecule has 0 saturated heterocycles. The average molecular weight is 274 g/mol. The third-order valence-electron chi connectivity index (χ3n) is 3.33. The van der Waals surface area contributed by atoms with Crippen LogP contribution in [0.4, 0.5) is 0 Å². The van der Waals surface area contributed by atoms with E-state index < -0.39 is 0 Å². The van der Waals surface area contributed by atoms with Gasteiger partial charge in [-0.25, -0.2) is 0 Å². The second kappa shape index (κ2) is 7.91. The number of benzene rings is 1. The zero-order valence-electron chi connectivity index (χ0n) is 12.9. The number of nitrogens with two attached hydrogens (primary N) is 1. The number of nitrogens with zero attached hydrogens (tertiary/aromatic N) is 1. The Labute approximate surface area is 122 Å². The second-order valence-corrected chi connectivity index (χ2v) is 6.11. The minimum absolute atomic E-state index is 0.245. The Hall–Kier alpha value is -1.53. The maximum atomic E-state index is 8.93. The quantitative estimate of drug-likeness (QED) is 0.736. The van der Waals surface area contributed by atoms with Gasteiger partial charge in [-0.15, -0.1) is 0 Å². The van der Waals surface area contributed by atoms with E-state index in [-0.39, 0.29) is 11.5 Å². The second-order valence-electron chi connectivity index (χ2n) is 6.11. The molecule has 0 saturated carbocycles. The zero-order chi connectivity index (χ0) is 15.0. The van der Waals surface area contributed by atoms with Crippen molar-refractivity contribution in [1.82, 2.24) is 0 Å². The number of hydrogen-bond donors (Lipinski definition) is 1. The first-order valence-electron chi connectivity index (χ1n) is 7.31. The van der Waals surface area contributed by atoms with Gasteiger partial charge in [0.15, 0.2) is 0 Å². The van der Waals surface area contributed by atoms with Crippen molar-refractivity contribution in [3.05, 3.63) is 29.8 Å². The molecule has 3 heteroatoms. The van der Waals surface area contributed by atoms with Crippen LogP contribution in [0.3, 0.4) is 0 Å². The van der Waals surface area contributed by atoms with Gasteiger partial charge in [-0.3, -0.25) is 0 Å². The van der Waals surface area contributed by atoms with Gasteiger partial charge in [-0.05, 0) is 64.2 Å². The molecule has 110 valence electrons. The van der Waals surface area contributed by atoms with Crippen molar-refractivity contribution in [2.24, 2.45) is 11.1 Å². The Balaban J connectivity index is 2.30. The molecule has 0 fully saturated rings. The van der Waals surface area contributed by atoms with Gasteiger partial charge in [-0.1, -0.05) is 12.1 Å². The summed E-state index contributed by atoms with van der Waals surface area (Å²) in [6.45, 7) is 6.60. The summed E-state index contributed by atoms with van der Waals surface area (Å²) in [6, 6.07) is 10.7. The SMILES string of the molecule is CC(N)CCc1ccc(OCCCC(C)(C)C#N)cc1. The molecule has 0 spiro atoms. The minimum atomic E-state index is -0.258. The Morgan fingerprint density at radius 1 is 1.30 bits per heavy atom. The highest BCUT2D eigenvalue weighted by Crippen LogP contribution is 2.21. The van der Waals surface area contributed by atoms with Gasteiger partial charge in [-0.2, -0.15) is 5.26 Å². The molecular weight excluding hydrogens is 248 g/mol. The molecule has 1 unspecified atom stereocenters. The number of ether oxygens (including phenoxy) is 1. The van der Waals surface area contributed by atoms with Crippen molar-refractivity contribution in [2.45, 2.75) is 52.5 Å². The van der Waals surface area contributed by atoms with Gasteiger partial charge in [0.1, 0.15) is 5.75 Å². The van der Waals surface area contributed by atoms with E-state index in [9.17, 15) is 0 Å². The van der Waals surface area contributed by atoms with Crippen molar-refractivity contribution in [3.63, 3.8) is 0 Å². The van der Waals surface area contributed by atoms with Gasteiger partial charge in [0.05, 0.1) is 18.1 Å². The lowest BCUT2D eigenvalue weighted by atomic mass is 9.90. The van der Waals surface area contributed by atoms with E-state index in [0.29, 0.717) is 6.61 Å². The summed E-state index contributed by atoms with van der Waals surface area (Å²) in [5.41, 5.74) is 6.78. The lowest BCUT2D eigenvalue weighted by Crippen LogP contribution is -2.15. The maximum Gasteiger partial charge on any atom is 0.119 e. The van der Waals surface area contributed by atoms with Crippen LogP contribution in [-0.4, -0.2) is 12.6 Å². The third kappa shape index (κ3) is 6.58. The molecule has 0 aliphatic carbocycles. The average Bonchev–Trinajstić information content (AvgIpc) is 2.42. The number of aryl methyl sites for hydroxylation is 1. The summed E-state index contributed by atoms with van der Waals surface area (Å²) in [4.78, 5) is 0. The Morgan fingerprint density at radius 2 is 1.95 bits per heavy atom. The lowest BCUT2D eigenvalue weighted by molar-refractivity contribution is 0.284. The van der Waals surface area contributed by atoms with Gasteiger partial charge in [0.25, 0.3) is 0 Å². The van der Waals surface area contributed by atoms with E-state index in [1.807, 2.05) is 32.9 Å². The van der Waals surface area contributed by atoms with Crippen LogP contribution >= 0.6 is 0 Å². The summed E-state index contributed by atoms with van der Waals surface area (Å²) in [5, 5.41) is 8.93. The number of hydrogen-bond acceptors (Lipinski definition) is 3. The molecule has 3 nitrogen and oxygen atoms in total. The van der Waals surface area contributed by atoms with Crippen LogP contribution in [0.15, 0.2) is 24.3 Å². The molecule has 0 bridgehead atoms. The molecule has 0 radical (unpaired) electrons. The van der Waals surface area contributed by atoms with Crippen LogP contribution in [0.2, 0.25) is 0 Å². The van der Waals surface area contributed by atoms with Crippen molar-refractivity contribution in [1.29, 1.82) is 5.26 Å². The van der Waals surface area contributed by atoms with Gasteiger partial charge < -0.3 is 10.5 Å². The van der Waals surface area contributed by atoms with Gasteiger partial charge in [0, 0.05) is 6.04 Å². The van der Waals surface area contributed by atoms with Crippen LogP contribution in [0, 0.1) is 16.7 Å². The highest BCUT2D eigenvalue weighted by Gasteiger charge is 2.15. The molecule has 1 aromatic rings. The monoisotopic (exact) mass is 274 g/mol. The molecule has 2 N–H and O–H groups in total. The molecule has 20 heavy (non-hydrogen) atoms. The Bertz CT molecular complexity index is 429. The fourth-order valence-electron chi connectivity index (χ4n) is 1.91. The third-order valence-corrected chi connectivity index (χ3v) is 3.33. The molecule has 1 atom stereocenters. The van der Waals surface area contributed by atoms with Crippen LogP contribution in [0.5, 0.6) is 5.75 Å². The molecule has 0 aliphatic rings. The molecule has 0 heterocycles. The van der Waals surface area contributed by atoms with Gasteiger partial charge in [0.2, 0.25) is 0 Å². The van der Waals surface area contributed by atoms with E-state index in [0.717, 1.165) is 31.4 Å². The molecule has 0 aromatic heterocycles. The van der Waals surface area contributed by atoms with E-state index in [1.165, 1.54) is 5.56 Å². The molecule has 1 aromatic carbocycles. The van der Waals surface area contributed by atoms with E-state index in [2.05, 4.69) is 18.2 Å². The first-order valence-corrected chi connectivity index (χ1v) is 7.31. The Morgan fingerprint density at radius 3 is 2.50 bits per heavy atom. The minimum Gasteiger partial charge on any atom is -0.494 e. The van der Waals surface area contributed by atoms with Crippen molar-refractivity contribution in [3.8, 4) is 11.8 Å². The van der Waals surface area contributed by atoms with Crippen LogP contribution < -0.4 is 10.5 Å². The normalized spacial score (nSPS) is 12.8. The van der Waals surface area contributed by atoms with Crippen LogP contribution in [-0.2, 0) is 6.42 Å². The van der Waals surface area contributed by atoms with Crippen molar-refractivity contribution < 1.29 is 4.74 Å². The highest BCUT2D eigenvalue weighted by molar-refractivity contribution is 5.27. The van der Waals surface area contributed by atoms with E-state index in [4.69, 9.17) is 15.7 Å². The smallest absolute Gasteiger partial charge is 0.119 e. The first kappa shape index (κ1) is 16.5. The lowest BCUT2D eigenvalue weighted by Gasteiger charge is -2.14. The van der Waals surface area contributed by atoms with Crippen molar-refractivity contribution in [2.75, 3.05) is 6.61 Å². The largest absolute Gasteiger partial charge is 0.494 e. The topological polar surface area (TPSA) is 59.0 Å². The predicted molar refractivity (Wildman–Crippen MR) is 82.5 cm³/mol. The number of nitriles is 1. The Kier molecular flexibility index (Phi) is 6.54. The summed E-state index contributed by atoms with van der Waals surface area (Å²) in [7, 11) is 0. The highest BCUT2D eigenvalue weighted by atomic mass is 16.5. The van der Waals surface area contributed by atoms with E-state index >= 15 is 0 Å². The van der Waals surface area contributed by atoms with E-state index in [1.54, 1.807) is 0 Å². The summed E-state index contributed by atoms with van der Waals surface area (Å²) in [6.07, 6.45) is 3.76. The first-order chi connectivity index (χ1) is 9.43. The molecular formula is C17H26N2O. The summed E-state index contributed by atoms with van der Waals surface area (Å²) in [5.74, 6) is 0.893. The van der Waals surface area contributed by atoms with Gasteiger partial charge >= 0.3 is 0 Å². The van der Waals surface area contributed by atoms with Crippen LogP contribution in [0.25, 0.3) is 0 Å². The number of rotatable bonds is 8. The van der Waals surface area contributed by atoms with Crippen molar-refractivity contribution >= 4 is 0 Å². The molecule has 0 amide bonds. The molecule has 1 rings (SSSR count). The maximum absolute atomic E-state index is 8.93. The summed E-state index contributed by atoms with van der Waals surface area (Å²) < 4.78 is 5.69. The predicted octanol–water partition coefficient (Wildman–Crippen LogP) is 3.68. The zero-order valence-corrected chi connectivity index (χ0v) is 12.9. The molecule has 0 aliphatic heterocycles. The fraction of sp³-hybridized carbons (Fsp3) is 0.588. The summed E-state index contributed by atoms with van der Waals surface area (Å²) >= 11 is 0. The van der Waals surface area contributed by atoms with Crippen LogP contribution in [0.1, 0.15) is 45.6 Å². The standard InChI is InChI=1S/C17H26N2O/c1-14(19)5-6-15-7-9-16(10-8-15)20-12-4-11-17(2,3)13-18/h7-10,14H,4-6,11-12,19H2,1-3H3.